The fourth-order valence-electron chi connectivity index (χ4n) is 3.28. The standard InChI is InChI=1S/C15H16N2O/c1-2-4-11(5-3-1)15-16-7-8-17(15)13-10-14-12(13)6-9-18-14/h1-5,7-8,12-14H,6,9-10H2/t12-,13+,14+/m0/s1. The predicted molar refractivity (Wildman–Crippen MR) is 69.2 cm³/mol. The average molecular weight is 240 g/mol. The Morgan fingerprint density at radius 2 is 2.11 bits per heavy atom. The maximum absolute atomic E-state index is 5.69. The number of benzene rings is 1. The Labute approximate surface area is 106 Å². The summed E-state index contributed by atoms with van der Waals surface area (Å²) in [6.45, 7) is 0.932. The van der Waals surface area contributed by atoms with Gasteiger partial charge in [-0.05, 0) is 12.8 Å². The molecular formula is C15H16N2O. The number of hydrogen-bond donors (Lipinski definition) is 0. The van der Waals surface area contributed by atoms with E-state index in [1.54, 1.807) is 0 Å². The smallest absolute Gasteiger partial charge is 0.140 e. The molecule has 3 atom stereocenters. The van der Waals surface area contributed by atoms with Gasteiger partial charge >= 0.3 is 0 Å². The number of nitrogens with zero attached hydrogens (tertiary/aromatic N) is 2. The summed E-state index contributed by atoms with van der Waals surface area (Å²) >= 11 is 0. The van der Waals surface area contributed by atoms with Crippen LogP contribution in [0, 0.1) is 5.92 Å². The Morgan fingerprint density at radius 1 is 1.22 bits per heavy atom. The first-order valence-corrected chi connectivity index (χ1v) is 6.63. The largest absolute Gasteiger partial charge is 0.378 e. The predicted octanol–water partition coefficient (Wildman–Crippen LogP) is 2.90. The van der Waals surface area contributed by atoms with Crippen LogP contribution in [0.4, 0.5) is 0 Å². The van der Waals surface area contributed by atoms with Gasteiger partial charge in [-0.1, -0.05) is 30.3 Å². The van der Waals surface area contributed by atoms with Gasteiger partial charge in [0.05, 0.1) is 6.10 Å². The van der Waals surface area contributed by atoms with E-state index in [4.69, 9.17) is 4.74 Å². The molecule has 18 heavy (non-hydrogen) atoms. The van der Waals surface area contributed by atoms with Gasteiger partial charge in [0.25, 0.3) is 0 Å². The van der Waals surface area contributed by atoms with Gasteiger partial charge in [-0.2, -0.15) is 0 Å². The summed E-state index contributed by atoms with van der Waals surface area (Å²) in [4.78, 5) is 4.53. The number of rotatable bonds is 2. The summed E-state index contributed by atoms with van der Waals surface area (Å²) in [5, 5.41) is 0. The van der Waals surface area contributed by atoms with Gasteiger partial charge in [0.2, 0.25) is 0 Å². The highest BCUT2D eigenvalue weighted by Gasteiger charge is 2.46. The minimum atomic E-state index is 0.501. The molecule has 1 saturated carbocycles. The van der Waals surface area contributed by atoms with Crippen LogP contribution in [0.1, 0.15) is 18.9 Å². The third kappa shape index (κ3) is 1.44. The van der Waals surface area contributed by atoms with Crippen molar-refractivity contribution < 1.29 is 4.74 Å². The van der Waals surface area contributed by atoms with Crippen LogP contribution in [-0.2, 0) is 4.74 Å². The van der Waals surface area contributed by atoms with Crippen molar-refractivity contribution in [3.8, 4) is 11.4 Å². The second kappa shape index (κ2) is 3.95. The van der Waals surface area contributed by atoms with E-state index in [1.165, 1.54) is 12.0 Å². The van der Waals surface area contributed by atoms with Gasteiger partial charge < -0.3 is 9.30 Å². The Bertz CT molecular complexity index is 549. The van der Waals surface area contributed by atoms with Crippen LogP contribution in [0.5, 0.6) is 0 Å². The van der Waals surface area contributed by atoms with Crippen molar-refractivity contribution in [1.29, 1.82) is 0 Å². The fraction of sp³-hybridized carbons (Fsp3) is 0.400. The lowest BCUT2D eigenvalue weighted by atomic mass is 9.76. The first kappa shape index (κ1) is 10.3. The summed E-state index contributed by atoms with van der Waals surface area (Å²) in [6.07, 6.45) is 6.86. The molecule has 0 spiro atoms. The van der Waals surface area contributed by atoms with E-state index in [0.717, 1.165) is 18.9 Å². The zero-order valence-corrected chi connectivity index (χ0v) is 10.2. The number of aromatic nitrogens is 2. The molecule has 2 heterocycles. The normalized spacial score (nSPS) is 29.9. The van der Waals surface area contributed by atoms with Crippen LogP contribution in [0.3, 0.4) is 0 Å². The molecule has 1 aromatic heterocycles. The zero-order chi connectivity index (χ0) is 11.9. The molecule has 92 valence electrons. The maximum atomic E-state index is 5.69. The number of imidazole rings is 1. The minimum Gasteiger partial charge on any atom is -0.378 e. The number of fused-ring (bicyclic) bond motifs is 1. The zero-order valence-electron chi connectivity index (χ0n) is 10.2. The van der Waals surface area contributed by atoms with Crippen LogP contribution in [0.25, 0.3) is 11.4 Å². The monoisotopic (exact) mass is 240 g/mol. The third-order valence-corrected chi connectivity index (χ3v) is 4.29. The molecular weight excluding hydrogens is 224 g/mol. The molecule has 2 aromatic rings. The van der Waals surface area contributed by atoms with Crippen molar-refractivity contribution in [3.05, 3.63) is 42.7 Å². The molecule has 0 N–H and O–H groups in total. The Morgan fingerprint density at radius 3 is 2.94 bits per heavy atom. The molecule has 2 fully saturated rings. The molecule has 3 nitrogen and oxygen atoms in total. The van der Waals surface area contributed by atoms with Gasteiger partial charge in [-0.15, -0.1) is 0 Å². The lowest BCUT2D eigenvalue weighted by molar-refractivity contribution is -0.00518. The minimum absolute atomic E-state index is 0.501. The highest BCUT2D eigenvalue weighted by Crippen LogP contribution is 2.47. The van der Waals surface area contributed by atoms with E-state index in [0.29, 0.717) is 18.1 Å². The first-order valence-electron chi connectivity index (χ1n) is 6.63. The fourth-order valence-corrected chi connectivity index (χ4v) is 3.28. The lowest BCUT2D eigenvalue weighted by Crippen LogP contribution is -2.39. The van der Waals surface area contributed by atoms with Gasteiger partial charge in [-0.3, -0.25) is 0 Å². The topological polar surface area (TPSA) is 27.1 Å². The van der Waals surface area contributed by atoms with Crippen molar-refractivity contribution in [2.45, 2.75) is 25.0 Å². The molecule has 4 rings (SSSR count). The van der Waals surface area contributed by atoms with Gasteiger partial charge in [-0.25, -0.2) is 4.98 Å². The van der Waals surface area contributed by atoms with E-state index < -0.39 is 0 Å². The van der Waals surface area contributed by atoms with Crippen molar-refractivity contribution in [2.75, 3.05) is 6.61 Å². The average Bonchev–Trinajstić information content (AvgIpc) is 2.99. The molecule has 1 aliphatic carbocycles. The summed E-state index contributed by atoms with van der Waals surface area (Å²) in [6, 6.07) is 11.0. The molecule has 1 aromatic carbocycles. The molecule has 0 bridgehead atoms. The highest BCUT2D eigenvalue weighted by atomic mass is 16.5. The highest BCUT2D eigenvalue weighted by molar-refractivity contribution is 5.55. The molecule has 0 unspecified atom stereocenters. The summed E-state index contributed by atoms with van der Waals surface area (Å²) in [5.41, 5.74) is 1.20. The van der Waals surface area contributed by atoms with Crippen LogP contribution in [-0.4, -0.2) is 22.3 Å². The first-order chi connectivity index (χ1) is 8.93. The Kier molecular flexibility index (Phi) is 2.27. The Balaban J connectivity index is 1.69. The van der Waals surface area contributed by atoms with E-state index in [1.807, 2.05) is 12.3 Å². The number of ether oxygens (including phenoxy) is 1. The van der Waals surface area contributed by atoms with Gasteiger partial charge in [0.15, 0.2) is 0 Å². The van der Waals surface area contributed by atoms with E-state index in [9.17, 15) is 0 Å². The van der Waals surface area contributed by atoms with Crippen molar-refractivity contribution in [3.63, 3.8) is 0 Å². The number of hydrogen-bond acceptors (Lipinski definition) is 2. The van der Waals surface area contributed by atoms with E-state index >= 15 is 0 Å². The molecule has 0 amide bonds. The van der Waals surface area contributed by atoms with E-state index in [-0.39, 0.29) is 0 Å². The Hall–Kier alpha value is -1.61. The molecule has 2 aliphatic rings. The maximum Gasteiger partial charge on any atom is 0.140 e. The van der Waals surface area contributed by atoms with Crippen molar-refractivity contribution >= 4 is 0 Å². The van der Waals surface area contributed by atoms with Gasteiger partial charge in [0.1, 0.15) is 5.82 Å². The summed E-state index contributed by atoms with van der Waals surface area (Å²) in [5.74, 6) is 1.78. The molecule has 0 radical (unpaired) electrons. The van der Waals surface area contributed by atoms with Crippen LogP contribution in [0.15, 0.2) is 42.7 Å². The van der Waals surface area contributed by atoms with Crippen LogP contribution < -0.4 is 0 Å². The SMILES string of the molecule is c1ccc(-c2nccn2[C@@H]2C[C@H]3OCC[C@@H]23)cc1. The van der Waals surface area contributed by atoms with E-state index in [2.05, 4.69) is 40.0 Å². The molecule has 1 aliphatic heterocycles. The summed E-state index contributed by atoms with van der Waals surface area (Å²) in [7, 11) is 0. The second-order valence-corrected chi connectivity index (χ2v) is 5.19. The third-order valence-electron chi connectivity index (χ3n) is 4.29. The quantitative estimate of drug-likeness (QED) is 0.807. The molecule has 3 heteroatoms. The van der Waals surface area contributed by atoms with Gasteiger partial charge in [0, 0.05) is 36.5 Å². The van der Waals surface area contributed by atoms with Crippen LogP contribution >= 0.6 is 0 Å². The lowest BCUT2D eigenvalue weighted by Gasteiger charge is -2.40. The van der Waals surface area contributed by atoms with Crippen LogP contribution in [0.2, 0.25) is 0 Å². The second-order valence-electron chi connectivity index (χ2n) is 5.19. The summed E-state index contributed by atoms with van der Waals surface area (Å²) < 4.78 is 8.03. The van der Waals surface area contributed by atoms with Crippen molar-refractivity contribution in [1.82, 2.24) is 9.55 Å². The molecule has 1 saturated heterocycles. The van der Waals surface area contributed by atoms with Crippen molar-refractivity contribution in [2.24, 2.45) is 5.92 Å².